The van der Waals surface area contributed by atoms with Crippen molar-refractivity contribution in [1.82, 2.24) is 5.32 Å². The van der Waals surface area contributed by atoms with E-state index >= 15 is 0 Å². The SMILES string of the molecule is CO[C@]1(c2cccc(F)c2F)CCNC1. The van der Waals surface area contributed by atoms with Gasteiger partial charge in [0.25, 0.3) is 0 Å². The topological polar surface area (TPSA) is 21.3 Å². The Kier molecular flexibility index (Phi) is 2.71. The molecule has 0 radical (unpaired) electrons. The number of nitrogens with one attached hydrogen (secondary N) is 1. The summed E-state index contributed by atoms with van der Waals surface area (Å²) < 4.78 is 32.0. The minimum atomic E-state index is -0.823. The largest absolute Gasteiger partial charge is 0.372 e. The smallest absolute Gasteiger partial charge is 0.164 e. The summed E-state index contributed by atoms with van der Waals surface area (Å²) >= 11 is 0. The average Bonchev–Trinajstić information content (AvgIpc) is 2.72. The second-order valence-corrected chi connectivity index (χ2v) is 3.73. The van der Waals surface area contributed by atoms with Crippen molar-refractivity contribution in [2.75, 3.05) is 20.2 Å². The van der Waals surface area contributed by atoms with Crippen LogP contribution in [0.25, 0.3) is 0 Å². The highest BCUT2D eigenvalue weighted by molar-refractivity contribution is 5.27. The number of benzene rings is 1. The summed E-state index contributed by atoms with van der Waals surface area (Å²) in [7, 11) is 1.53. The van der Waals surface area contributed by atoms with E-state index in [1.54, 1.807) is 6.07 Å². The molecule has 1 fully saturated rings. The Bertz CT molecular complexity index is 362. The summed E-state index contributed by atoms with van der Waals surface area (Å²) in [6.07, 6.45) is 0.657. The van der Waals surface area contributed by atoms with Gasteiger partial charge in [-0.3, -0.25) is 0 Å². The molecule has 0 bridgehead atoms. The van der Waals surface area contributed by atoms with Gasteiger partial charge in [0.1, 0.15) is 5.60 Å². The van der Waals surface area contributed by atoms with E-state index < -0.39 is 17.2 Å². The van der Waals surface area contributed by atoms with Gasteiger partial charge in [-0.25, -0.2) is 8.78 Å². The molecule has 15 heavy (non-hydrogen) atoms. The first-order valence-electron chi connectivity index (χ1n) is 4.90. The van der Waals surface area contributed by atoms with Crippen LogP contribution in [-0.2, 0) is 10.3 Å². The first kappa shape index (κ1) is 10.5. The van der Waals surface area contributed by atoms with Crippen molar-refractivity contribution in [3.05, 3.63) is 35.4 Å². The van der Waals surface area contributed by atoms with Gasteiger partial charge in [0.2, 0.25) is 0 Å². The standard InChI is InChI=1S/C11H13F2NO/c1-15-11(5-6-14-7-11)8-3-2-4-9(12)10(8)13/h2-4,14H,5-7H2,1H3/t11-/m1/s1. The van der Waals surface area contributed by atoms with E-state index in [9.17, 15) is 8.78 Å². The fraction of sp³-hybridized carbons (Fsp3) is 0.455. The molecule has 1 aliphatic heterocycles. The molecule has 1 saturated heterocycles. The van der Waals surface area contributed by atoms with Crippen molar-refractivity contribution in [3.63, 3.8) is 0 Å². The van der Waals surface area contributed by atoms with Crippen LogP contribution in [0.4, 0.5) is 8.78 Å². The highest BCUT2D eigenvalue weighted by atomic mass is 19.2. The van der Waals surface area contributed by atoms with Crippen molar-refractivity contribution < 1.29 is 13.5 Å². The third kappa shape index (κ3) is 1.64. The molecule has 4 heteroatoms. The average molecular weight is 213 g/mol. The van der Waals surface area contributed by atoms with Crippen molar-refractivity contribution in [1.29, 1.82) is 0 Å². The molecule has 0 spiro atoms. The van der Waals surface area contributed by atoms with Crippen LogP contribution in [0.1, 0.15) is 12.0 Å². The molecule has 1 heterocycles. The van der Waals surface area contributed by atoms with Gasteiger partial charge in [-0.15, -0.1) is 0 Å². The Hall–Kier alpha value is -1.00. The maximum Gasteiger partial charge on any atom is 0.164 e. The lowest BCUT2D eigenvalue weighted by Gasteiger charge is -2.27. The summed E-state index contributed by atoms with van der Waals surface area (Å²) in [4.78, 5) is 0. The second-order valence-electron chi connectivity index (χ2n) is 3.73. The quantitative estimate of drug-likeness (QED) is 0.808. The lowest BCUT2D eigenvalue weighted by molar-refractivity contribution is -0.000135. The third-order valence-electron chi connectivity index (χ3n) is 2.95. The molecule has 0 amide bonds. The Morgan fingerprint density at radius 1 is 1.40 bits per heavy atom. The van der Waals surface area contributed by atoms with Gasteiger partial charge in [0, 0.05) is 19.2 Å². The number of methoxy groups -OCH3 is 1. The summed E-state index contributed by atoms with van der Waals surface area (Å²) in [5.74, 6) is -1.63. The molecule has 1 atom stereocenters. The molecular weight excluding hydrogens is 200 g/mol. The molecule has 2 rings (SSSR count). The molecule has 0 unspecified atom stereocenters. The Labute approximate surface area is 87.2 Å². The van der Waals surface area contributed by atoms with Gasteiger partial charge < -0.3 is 10.1 Å². The zero-order chi connectivity index (χ0) is 10.9. The summed E-state index contributed by atoms with van der Waals surface area (Å²) in [6, 6.07) is 4.20. The molecule has 2 nitrogen and oxygen atoms in total. The van der Waals surface area contributed by atoms with Crippen LogP contribution >= 0.6 is 0 Å². The van der Waals surface area contributed by atoms with Crippen LogP contribution < -0.4 is 5.32 Å². The van der Waals surface area contributed by atoms with E-state index in [0.29, 0.717) is 18.5 Å². The van der Waals surface area contributed by atoms with Crippen LogP contribution in [0.15, 0.2) is 18.2 Å². The summed E-state index contributed by atoms with van der Waals surface area (Å²) in [5.41, 5.74) is -0.415. The summed E-state index contributed by atoms with van der Waals surface area (Å²) in [5, 5.41) is 3.10. The normalized spacial score (nSPS) is 25.8. The predicted molar refractivity (Wildman–Crippen MR) is 52.5 cm³/mol. The molecule has 0 aliphatic carbocycles. The van der Waals surface area contributed by atoms with Gasteiger partial charge in [-0.2, -0.15) is 0 Å². The monoisotopic (exact) mass is 213 g/mol. The molecular formula is C11H13F2NO. The Balaban J connectivity index is 2.47. The molecule has 1 aromatic rings. The molecule has 1 aliphatic rings. The maximum atomic E-state index is 13.6. The number of ether oxygens (including phenoxy) is 1. The molecule has 1 N–H and O–H groups in total. The van der Waals surface area contributed by atoms with Crippen LogP contribution in [-0.4, -0.2) is 20.2 Å². The molecule has 0 aromatic heterocycles. The van der Waals surface area contributed by atoms with Crippen LogP contribution in [0, 0.1) is 11.6 Å². The van der Waals surface area contributed by atoms with Crippen molar-refractivity contribution >= 4 is 0 Å². The van der Waals surface area contributed by atoms with Gasteiger partial charge in [-0.1, -0.05) is 12.1 Å². The first-order chi connectivity index (χ1) is 7.19. The number of rotatable bonds is 2. The number of halogens is 2. The van der Waals surface area contributed by atoms with Crippen molar-refractivity contribution in [2.45, 2.75) is 12.0 Å². The lowest BCUT2D eigenvalue weighted by atomic mass is 9.92. The fourth-order valence-corrected chi connectivity index (χ4v) is 2.04. The number of hydrogen-bond acceptors (Lipinski definition) is 2. The molecule has 0 saturated carbocycles. The van der Waals surface area contributed by atoms with Crippen LogP contribution in [0.3, 0.4) is 0 Å². The van der Waals surface area contributed by atoms with Crippen LogP contribution in [0.2, 0.25) is 0 Å². The zero-order valence-electron chi connectivity index (χ0n) is 8.52. The van der Waals surface area contributed by atoms with Crippen molar-refractivity contribution in [2.24, 2.45) is 0 Å². The van der Waals surface area contributed by atoms with Gasteiger partial charge >= 0.3 is 0 Å². The zero-order valence-corrected chi connectivity index (χ0v) is 8.52. The second kappa shape index (κ2) is 3.87. The van der Waals surface area contributed by atoms with E-state index in [1.807, 2.05) is 0 Å². The third-order valence-corrected chi connectivity index (χ3v) is 2.95. The molecule has 1 aromatic carbocycles. The van der Waals surface area contributed by atoms with E-state index in [4.69, 9.17) is 4.74 Å². The Morgan fingerprint density at radius 3 is 2.80 bits per heavy atom. The number of hydrogen-bond donors (Lipinski definition) is 1. The maximum absolute atomic E-state index is 13.6. The van der Waals surface area contributed by atoms with E-state index in [0.717, 1.165) is 12.6 Å². The van der Waals surface area contributed by atoms with E-state index in [1.165, 1.54) is 13.2 Å². The van der Waals surface area contributed by atoms with E-state index in [2.05, 4.69) is 5.32 Å². The lowest BCUT2D eigenvalue weighted by Crippen LogP contribution is -2.32. The van der Waals surface area contributed by atoms with E-state index in [-0.39, 0.29) is 0 Å². The highest BCUT2D eigenvalue weighted by Gasteiger charge is 2.38. The Morgan fingerprint density at radius 2 is 2.20 bits per heavy atom. The van der Waals surface area contributed by atoms with Gasteiger partial charge in [0.05, 0.1) is 0 Å². The first-order valence-corrected chi connectivity index (χ1v) is 4.90. The highest BCUT2D eigenvalue weighted by Crippen LogP contribution is 2.33. The molecule has 82 valence electrons. The fourth-order valence-electron chi connectivity index (χ4n) is 2.04. The minimum absolute atomic E-state index is 0.301. The summed E-state index contributed by atoms with van der Waals surface area (Å²) in [6.45, 7) is 1.27. The van der Waals surface area contributed by atoms with Crippen molar-refractivity contribution in [3.8, 4) is 0 Å². The predicted octanol–water partition coefficient (Wildman–Crippen LogP) is 1.80. The van der Waals surface area contributed by atoms with Gasteiger partial charge in [-0.05, 0) is 19.0 Å². The minimum Gasteiger partial charge on any atom is -0.372 e. The van der Waals surface area contributed by atoms with Crippen LogP contribution in [0.5, 0.6) is 0 Å². The van der Waals surface area contributed by atoms with Gasteiger partial charge in [0.15, 0.2) is 11.6 Å².